The third-order valence-corrected chi connectivity index (χ3v) is 2.16. The van der Waals surface area contributed by atoms with Gasteiger partial charge in [-0.25, -0.2) is 4.79 Å². The second-order valence-corrected chi connectivity index (χ2v) is 4.55. The van der Waals surface area contributed by atoms with Crippen LogP contribution in [0.25, 0.3) is 0 Å². The summed E-state index contributed by atoms with van der Waals surface area (Å²) in [7, 11) is 1.28. The Labute approximate surface area is 97.2 Å². The second kappa shape index (κ2) is 6.01. The first kappa shape index (κ1) is 15.1. The van der Waals surface area contributed by atoms with Gasteiger partial charge in [-0.3, -0.25) is 0 Å². The minimum absolute atomic E-state index is 0.200. The van der Waals surface area contributed by atoms with E-state index in [4.69, 9.17) is 4.74 Å². The number of methoxy groups -OCH3 is 1. The molecular formula is C12H22O4. The highest BCUT2D eigenvalue weighted by Crippen LogP contribution is 2.21. The van der Waals surface area contributed by atoms with Gasteiger partial charge in [-0.2, -0.15) is 0 Å². The average molecular weight is 230 g/mol. The summed E-state index contributed by atoms with van der Waals surface area (Å²) in [5, 5.41) is 9.94. The average Bonchev–Trinajstić information content (AvgIpc) is 2.12. The van der Waals surface area contributed by atoms with Crippen molar-refractivity contribution in [3.05, 3.63) is 12.2 Å². The van der Waals surface area contributed by atoms with E-state index in [1.807, 2.05) is 13.8 Å². The first-order valence-corrected chi connectivity index (χ1v) is 5.37. The molecule has 2 atom stereocenters. The number of aliphatic hydroxyl groups is 1. The summed E-state index contributed by atoms with van der Waals surface area (Å²) in [4.78, 5) is 11.2. The Morgan fingerprint density at radius 1 is 1.44 bits per heavy atom. The molecule has 16 heavy (non-hydrogen) atoms. The van der Waals surface area contributed by atoms with E-state index >= 15 is 0 Å². The molecule has 94 valence electrons. The second-order valence-electron chi connectivity index (χ2n) is 4.55. The van der Waals surface area contributed by atoms with Crippen LogP contribution in [-0.4, -0.2) is 30.1 Å². The highest BCUT2D eigenvalue weighted by molar-refractivity contribution is 5.88. The van der Waals surface area contributed by atoms with E-state index in [2.05, 4.69) is 11.3 Å². The number of carbonyl (C=O) groups excluding carboxylic acids is 1. The summed E-state index contributed by atoms with van der Waals surface area (Å²) in [5.74, 6) is -1.48. The molecule has 0 aromatic carbocycles. The Balaban J connectivity index is 4.38. The van der Waals surface area contributed by atoms with Crippen molar-refractivity contribution in [1.82, 2.24) is 0 Å². The molecule has 1 N–H and O–H groups in total. The maximum atomic E-state index is 11.2. The van der Waals surface area contributed by atoms with Crippen LogP contribution in [0.3, 0.4) is 0 Å². The van der Waals surface area contributed by atoms with Gasteiger partial charge in [-0.05, 0) is 19.8 Å². The molecule has 0 spiro atoms. The van der Waals surface area contributed by atoms with Gasteiger partial charge < -0.3 is 14.6 Å². The van der Waals surface area contributed by atoms with E-state index in [-0.39, 0.29) is 5.57 Å². The zero-order valence-electron chi connectivity index (χ0n) is 10.7. The zero-order chi connectivity index (χ0) is 12.9. The fourth-order valence-electron chi connectivity index (χ4n) is 1.55. The molecule has 0 fully saturated rings. The van der Waals surface area contributed by atoms with Gasteiger partial charge in [0.15, 0.2) is 5.79 Å². The number of rotatable bonds is 6. The Kier molecular flexibility index (Phi) is 5.68. The molecule has 0 saturated carbocycles. The maximum Gasteiger partial charge on any atom is 0.335 e. The molecule has 0 radical (unpaired) electrons. The minimum atomic E-state index is -1.26. The molecule has 0 amide bonds. The van der Waals surface area contributed by atoms with Crippen molar-refractivity contribution in [2.45, 2.75) is 46.0 Å². The van der Waals surface area contributed by atoms with Crippen LogP contribution in [0.2, 0.25) is 0 Å². The molecule has 0 heterocycles. The smallest absolute Gasteiger partial charge is 0.335 e. The summed E-state index contributed by atoms with van der Waals surface area (Å²) >= 11 is 0. The van der Waals surface area contributed by atoms with E-state index in [0.717, 1.165) is 0 Å². The molecule has 0 saturated heterocycles. The van der Waals surface area contributed by atoms with Crippen molar-refractivity contribution >= 4 is 5.97 Å². The zero-order valence-corrected chi connectivity index (χ0v) is 10.7. The lowest BCUT2D eigenvalue weighted by Gasteiger charge is -2.29. The van der Waals surface area contributed by atoms with Crippen LogP contribution in [0.4, 0.5) is 0 Å². The Hall–Kier alpha value is -0.870. The molecule has 0 bridgehead atoms. The van der Waals surface area contributed by atoms with Crippen LogP contribution in [0.5, 0.6) is 0 Å². The van der Waals surface area contributed by atoms with E-state index in [0.29, 0.717) is 12.3 Å². The lowest BCUT2D eigenvalue weighted by Crippen LogP contribution is -2.35. The van der Waals surface area contributed by atoms with Gasteiger partial charge in [0.1, 0.15) is 0 Å². The largest absolute Gasteiger partial charge is 0.466 e. The summed E-state index contributed by atoms with van der Waals surface area (Å²) < 4.78 is 9.92. The van der Waals surface area contributed by atoms with Gasteiger partial charge in [-0.15, -0.1) is 0 Å². The van der Waals surface area contributed by atoms with Crippen molar-refractivity contribution in [2.75, 3.05) is 7.11 Å². The number of esters is 1. The summed E-state index contributed by atoms with van der Waals surface area (Å²) in [6.45, 7) is 10.8. The van der Waals surface area contributed by atoms with Gasteiger partial charge in [0, 0.05) is 6.42 Å². The first-order valence-electron chi connectivity index (χ1n) is 5.37. The Morgan fingerprint density at radius 3 is 2.31 bits per heavy atom. The highest BCUT2D eigenvalue weighted by atomic mass is 16.6. The summed E-state index contributed by atoms with van der Waals surface area (Å²) in [6, 6.07) is 0. The van der Waals surface area contributed by atoms with Crippen molar-refractivity contribution in [3.8, 4) is 0 Å². The molecule has 0 rings (SSSR count). The molecule has 0 aliphatic rings. The van der Waals surface area contributed by atoms with Crippen molar-refractivity contribution in [3.63, 3.8) is 0 Å². The third-order valence-electron chi connectivity index (χ3n) is 2.16. The first-order chi connectivity index (χ1) is 7.19. The SMILES string of the molecule is C=C(C(=O)OC)C(C)OC(C)(O)CC(C)C. The van der Waals surface area contributed by atoms with Gasteiger partial charge in [-0.1, -0.05) is 20.4 Å². The lowest BCUT2D eigenvalue weighted by atomic mass is 10.0. The Bertz CT molecular complexity index is 256. The summed E-state index contributed by atoms with van der Waals surface area (Å²) in [5.41, 5.74) is 0.200. The number of hydrogen-bond acceptors (Lipinski definition) is 4. The monoisotopic (exact) mass is 230 g/mol. The van der Waals surface area contributed by atoms with E-state index < -0.39 is 17.9 Å². The van der Waals surface area contributed by atoms with Crippen molar-refractivity contribution in [1.29, 1.82) is 0 Å². The quantitative estimate of drug-likeness (QED) is 0.430. The molecule has 4 heteroatoms. The Morgan fingerprint density at radius 2 is 1.94 bits per heavy atom. The number of hydrogen-bond donors (Lipinski definition) is 1. The van der Waals surface area contributed by atoms with Crippen molar-refractivity contribution in [2.24, 2.45) is 5.92 Å². The van der Waals surface area contributed by atoms with E-state index in [9.17, 15) is 9.90 Å². The molecular weight excluding hydrogens is 208 g/mol. The van der Waals surface area contributed by atoms with Crippen LogP contribution in [-0.2, 0) is 14.3 Å². The highest BCUT2D eigenvalue weighted by Gasteiger charge is 2.28. The molecule has 0 aliphatic heterocycles. The van der Waals surface area contributed by atoms with Gasteiger partial charge in [0.2, 0.25) is 0 Å². The fraction of sp³-hybridized carbons (Fsp3) is 0.750. The molecule has 0 aromatic rings. The lowest BCUT2D eigenvalue weighted by molar-refractivity contribution is -0.215. The molecule has 2 unspecified atom stereocenters. The maximum absolute atomic E-state index is 11.2. The van der Waals surface area contributed by atoms with E-state index in [1.165, 1.54) is 7.11 Å². The van der Waals surface area contributed by atoms with Crippen LogP contribution < -0.4 is 0 Å². The third kappa shape index (κ3) is 5.28. The normalized spacial score (nSPS) is 16.7. The fourth-order valence-corrected chi connectivity index (χ4v) is 1.55. The van der Waals surface area contributed by atoms with Crippen LogP contribution in [0.1, 0.15) is 34.1 Å². The van der Waals surface area contributed by atoms with Gasteiger partial charge in [0.25, 0.3) is 0 Å². The molecule has 0 aromatic heterocycles. The predicted octanol–water partition coefficient (Wildman–Crippen LogP) is 1.88. The van der Waals surface area contributed by atoms with Crippen LogP contribution >= 0.6 is 0 Å². The minimum Gasteiger partial charge on any atom is -0.466 e. The summed E-state index contributed by atoms with van der Waals surface area (Å²) in [6.07, 6.45) is -0.0765. The predicted molar refractivity (Wildman–Crippen MR) is 61.8 cm³/mol. The molecule has 0 aliphatic carbocycles. The van der Waals surface area contributed by atoms with Gasteiger partial charge >= 0.3 is 5.97 Å². The number of ether oxygens (including phenoxy) is 2. The number of carbonyl (C=O) groups is 1. The van der Waals surface area contributed by atoms with Crippen LogP contribution in [0, 0.1) is 5.92 Å². The van der Waals surface area contributed by atoms with Gasteiger partial charge in [0.05, 0.1) is 18.8 Å². The standard InChI is InChI=1S/C12H22O4/c1-8(2)7-12(5,14)16-10(4)9(3)11(13)15-6/h8,10,14H,3,7H2,1-2,4-6H3. The van der Waals surface area contributed by atoms with Crippen molar-refractivity contribution < 1.29 is 19.4 Å². The van der Waals surface area contributed by atoms with Crippen LogP contribution in [0.15, 0.2) is 12.2 Å². The van der Waals surface area contributed by atoms with E-state index in [1.54, 1.807) is 13.8 Å². The topological polar surface area (TPSA) is 55.8 Å². The molecule has 4 nitrogen and oxygen atoms in total.